The van der Waals surface area contributed by atoms with E-state index in [0.717, 1.165) is 49.9 Å². The molecule has 0 bridgehead atoms. The molecule has 1 aromatic carbocycles. The van der Waals surface area contributed by atoms with Crippen LogP contribution in [0.15, 0.2) is 30.3 Å². The number of piperidine rings is 4. The molecule has 8 heterocycles. The Morgan fingerprint density at radius 1 is 0.381 bits per heavy atom. The number of morpholine rings is 1. The SMILES string of the molecule is CC1CN(C2CCN(C)CC2)CCN1C.CN1CCC(N2CCCN(C)CC2)CC1.CN1CCC(N2CCN(C)CC2)CC1.CN1CCC(N2CCOC(c3ccccc3)C2)CC1. The van der Waals surface area contributed by atoms with Gasteiger partial charge in [-0.25, -0.2) is 0 Å². The van der Waals surface area contributed by atoms with E-state index in [9.17, 15) is 0 Å². The molecule has 12 heteroatoms. The minimum atomic E-state index is 0.259. The summed E-state index contributed by atoms with van der Waals surface area (Å²) < 4.78 is 5.95. The van der Waals surface area contributed by atoms with E-state index in [2.05, 4.69) is 140 Å². The third-order valence-electron chi connectivity index (χ3n) is 16.4. The zero-order valence-corrected chi connectivity index (χ0v) is 42.1. The smallest absolute Gasteiger partial charge is 0.0952 e. The number of benzene rings is 1. The van der Waals surface area contributed by atoms with Gasteiger partial charge in [0.05, 0.1) is 12.7 Å². The summed E-state index contributed by atoms with van der Waals surface area (Å²) in [4.78, 5) is 28.0. The molecule has 0 saturated carbocycles. The number of likely N-dealkylation sites (tertiary alicyclic amines) is 4. The van der Waals surface area contributed by atoms with E-state index in [1.807, 2.05) is 0 Å². The fraction of sp³-hybridized carbons (Fsp3) is 0.882. The minimum Gasteiger partial charge on any atom is -0.371 e. The van der Waals surface area contributed by atoms with Crippen LogP contribution in [0.5, 0.6) is 0 Å². The van der Waals surface area contributed by atoms with Crippen molar-refractivity contribution in [3.05, 3.63) is 35.9 Å². The van der Waals surface area contributed by atoms with E-state index in [1.54, 1.807) is 0 Å². The van der Waals surface area contributed by atoms with E-state index in [-0.39, 0.29) is 6.10 Å². The van der Waals surface area contributed by atoms with Gasteiger partial charge in [-0.1, -0.05) is 30.3 Å². The second-order valence-corrected chi connectivity index (χ2v) is 21.3. The van der Waals surface area contributed by atoms with Crippen molar-refractivity contribution in [3.8, 4) is 0 Å². The lowest BCUT2D eigenvalue weighted by Crippen LogP contribution is -2.55. The number of ether oxygens (including phenoxy) is 1. The van der Waals surface area contributed by atoms with E-state index in [1.165, 1.54) is 188 Å². The molecule has 0 aliphatic carbocycles. The highest BCUT2D eigenvalue weighted by Crippen LogP contribution is 2.26. The first-order chi connectivity index (χ1) is 30.5. The lowest BCUT2D eigenvalue weighted by molar-refractivity contribution is -0.0526. The van der Waals surface area contributed by atoms with Crippen molar-refractivity contribution in [3.63, 3.8) is 0 Å². The predicted octanol–water partition coefficient (Wildman–Crippen LogP) is 3.92. The monoisotopic (exact) mass is 880 g/mol. The number of rotatable bonds is 5. The molecule has 8 saturated heterocycles. The Bertz CT molecular complexity index is 1300. The zero-order chi connectivity index (χ0) is 44.6. The summed E-state index contributed by atoms with van der Waals surface area (Å²) in [5, 5.41) is 0. The normalized spacial score (nSPS) is 29.8. The number of hydrogen-bond acceptors (Lipinski definition) is 12. The first-order valence-corrected chi connectivity index (χ1v) is 25.9. The van der Waals surface area contributed by atoms with Crippen LogP contribution in [0.3, 0.4) is 0 Å². The molecule has 9 rings (SSSR count). The minimum absolute atomic E-state index is 0.259. The van der Waals surface area contributed by atoms with Crippen molar-refractivity contribution >= 4 is 0 Å². The second-order valence-electron chi connectivity index (χ2n) is 21.3. The predicted molar refractivity (Wildman–Crippen MR) is 265 cm³/mol. The standard InChI is InChI=1S/C16H24N2O.2C12H25N3.C11H23N3/c1-17-9-7-15(8-10-17)18-11-12-19-16(13-18)14-5-3-2-4-6-14;1-11-10-15(9-8-14(11)3)12-4-6-13(2)7-5-12;1-13-6-3-7-15(11-10-13)12-4-8-14(2)9-5-12;1-12-5-3-11(4-6-12)14-9-7-13(2)8-10-14/h2-6,15-16H,7-13H2,1H3;11-12H,4-10H2,1-3H3;12H,3-11H2,1-2H3;11H,3-10H2,1-2H3. The average Bonchev–Trinajstić information content (AvgIpc) is 3.54. The quantitative estimate of drug-likeness (QED) is 0.432. The van der Waals surface area contributed by atoms with Gasteiger partial charge in [0.2, 0.25) is 0 Å². The molecule has 1 aromatic rings. The van der Waals surface area contributed by atoms with Crippen LogP contribution in [0.4, 0.5) is 0 Å². The number of likely N-dealkylation sites (N-methyl/N-ethyl adjacent to an activating group) is 3. The number of hydrogen-bond donors (Lipinski definition) is 0. The van der Waals surface area contributed by atoms with Crippen molar-refractivity contribution < 1.29 is 4.74 Å². The molecule has 0 spiro atoms. The molecule has 63 heavy (non-hydrogen) atoms. The molecule has 0 amide bonds. The highest BCUT2D eigenvalue weighted by atomic mass is 16.5. The Hall–Kier alpha value is -1.26. The van der Waals surface area contributed by atoms with Gasteiger partial charge >= 0.3 is 0 Å². The van der Waals surface area contributed by atoms with Crippen LogP contribution in [-0.4, -0.2) is 277 Å². The maximum atomic E-state index is 5.95. The fourth-order valence-corrected chi connectivity index (χ4v) is 11.3. The summed E-state index contributed by atoms with van der Waals surface area (Å²) in [5.41, 5.74) is 1.32. The Morgan fingerprint density at radius 2 is 0.762 bits per heavy atom. The molecule has 2 atom stereocenters. The van der Waals surface area contributed by atoms with Gasteiger partial charge in [0, 0.05) is 102 Å². The van der Waals surface area contributed by atoms with Gasteiger partial charge < -0.3 is 39.0 Å². The molecular formula is C51H97N11O. The number of piperazine rings is 2. The van der Waals surface area contributed by atoms with Crippen molar-refractivity contribution in [2.45, 2.75) is 101 Å². The second kappa shape index (κ2) is 26.9. The van der Waals surface area contributed by atoms with Crippen molar-refractivity contribution in [2.24, 2.45) is 0 Å². The summed E-state index contributed by atoms with van der Waals surface area (Å²) in [7, 11) is 15.7. The van der Waals surface area contributed by atoms with E-state index in [0.29, 0.717) is 0 Å². The van der Waals surface area contributed by atoms with Gasteiger partial charge in [-0.15, -0.1) is 0 Å². The molecular weight excluding hydrogens is 783 g/mol. The summed E-state index contributed by atoms with van der Waals surface area (Å²) in [5.74, 6) is 0. The summed E-state index contributed by atoms with van der Waals surface area (Å²) >= 11 is 0. The van der Waals surface area contributed by atoms with Gasteiger partial charge in [0.1, 0.15) is 0 Å². The largest absolute Gasteiger partial charge is 0.371 e. The number of nitrogens with zero attached hydrogens (tertiary/aromatic N) is 11. The van der Waals surface area contributed by atoms with E-state index < -0.39 is 0 Å². The summed E-state index contributed by atoms with van der Waals surface area (Å²) in [6, 6.07) is 14.7. The Morgan fingerprint density at radius 3 is 1.22 bits per heavy atom. The van der Waals surface area contributed by atoms with Gasteiger partial charge in [0.15, 0.2) is 0 Å². The van der Waals surface area contributed by atoms with Crippen LogP contribution in [0.25, 0.3) is 0 Å². The van der Waals surface area contributed by atoms with E-state index in [4.69, 9.17) is 4.74 Å². The van der Waals surface area contributed by atoms with Crippen LogP contribution < -0.4 is 0 Å². The van der Waals surface area contributed by atoms with Crippen LogP contribution in [-0.2, 0) is 4.74 Å². The summed E-state index contributed by atoms with van der Waals surface area (Å²) in [6.07, 6.45) is 12.5. The molecule has 362 valence electrons. The van der Waals surface area contributed by atoms with Crippen LogP contribution in [0, 0.1) is 0 Å². The van der Waals surface area contributed by atoms with Gasteiger partial charge in [-0.05, 0) is 185 Å². The van der Waals surface area contributed by atoms with Crippen LogP contribution in [0.1, 0.15) is 76.4 Å². The van der Waals surface area contributed by atoms with Crippen LogP contribution >= 0.6 is 0 Å². The first kappa shape index (κ1) is 51.1. The molecule has 2 unspecified atom stereocenters. The molecule has 8 aliphatic heterocycles. The van der Waals surface area contributed by atoms with Crippen molar-refractivity contribution in [1.82, 2.24) is 53.9 Å². The topological polar surface area (TPSA) is 44.9 Å². The highest BCUT2D eigenvalue weighted by Gasteiger charge is 2.31. The van der Waals surface area contributed by atoms with Crippen LogP contribution in [0.2, 0.25) is 0 Å². The molecule has 8 fully saturated rings. The third kappa shape index (κ3) is 17.1. The zero-order valence-electron chi connectivity index (χ0n) is 42.1. The fourth-order valence-electron chi connectivity index (χ4n) is 11.3. The maximum Gasteiger partial charge on any atom is 0.0952 e. The molecule has 0 radical (unpaired) electrons. The summed E-state index contributed by atoms with van der Waals surface area (Å²) in [6.45, 7) is 29.6. The Labute approximate surface area is 387 Å². The molecule has 8 aliphatic rings. The maximum absolute atomic E-state index is 5.95. The average molecular weight is 880 g/mol. The van der Waals surface area contributed by atoms with Gasteiger partial charge in [-0.2, -0.15) is 0 Å². The van der Waals surface area contributed by atoms with E-state index >= 15 is 0 Å². The van der Waals surface area contributed by atoms with Gasteiger partial charge in [0.25, 0.3) is 0 Å². The molecule has 0 aromatic heterocycles. The Balaban J connectivity index is 0.000000141. The van der Waals surface area contributed by atoms with Crippen molar-refractivity contribution in [1.29, 1.82) is 0 Å². The lowest BCUT2D eigenvalue weighted by atomic mass is 10.0. The van der Waals surface area contributed by atoms with Gasteiger partial charge in [-0.3, -0.25) is 19.6 Å². The lowest BCUT2D eigenvalue weighted by Gasteiger charge is -2.44. The Kier molecular flexibility index (Phi) is 21.8. The molecule has 12 nitrogen and oxygen atoms in total. The van der Waals surface area contributed by atoms with Crippen molar-refractivity contribution in [2.75, 3.05) is 193 Å². The third-order valence-corrected chi connectivity index (χ3v) is 16.4. The highest BCUT2D eigenvalue weighted by molar-refractivity contribution is 5.18. The first-order valence-electron chi connectivity index (χ1n) is 25.9. The molecule has 0 N–H and O–H groups in total.